The molecular weight excluding hydrogens is 287 g/mol. The molecule has 1 fully saturated rings. The molecular formula is C10H15ClF3N3S. The van der Waals surface area contributed by atoms with Gasteiger partial charge in [-0.2, -0.15) is 13.2 Å². The first-order valence-electron chi connectivity index (χ1n) is 5.45. The summed E-state index contributed by atoms with van der Waals surface area (Å²) >= 11 is 0.716. The van der Waals surface area contributed by atoms with Gasteiger partial charge in [-0.25, -0.2) is 4.98 Å². The summed E-state index contributed by atoms with van der Waals surface area (Å²) in [7, 11) is 0. The van der Waals surface area contributed by atoms with Gasteiger partial charge in [-0.1, -0.05) is 0 Å². The second-order valence-corrected chi connectivity index (χ2v) is 5.38. The Kier molecular flexibility index (Phi) is 5.39. The van der Waals surface area contributed by atoms with E-state index in [9.17, 15) is 13.2 Å². The van der Waals surface area contributed by atoms with Crippen molar-refractivity contribution in [3.8, 4) is 0 Å². The van der Waals surface area contributed by atoms with Gasteiger partial charge < -0.3 is 5.73 Å². The lowest BCUT2D eigenvalue weighted by Gasteiger charge is -2.29. The zero-order valence-electron chi connectivity index (χ0n) is 9.61. The summed E-state index contributed by atoms with van der Waals surface area (Å²) in [6, 6.07) is 0.138. The molecule has 0 aliphatic carbocycles. The van der Waals surface area contributed by atoms with Gasteiger partial charge in [0, 0.05) is 30.2 Å². The number of thiazole rings is 1. The number of aromatic nitrogens is 1. The number of rotatable bonds is 2. The minimum absolute atomic E-state index is 0. The van der Waals surface area contributed by atoms with E-state index in [1.807, 2.05) is 0 Å². The SMILES string of the molecule is Cl.N[C@@H]1CCCN(Cc2cnc(C(F)(F)F)s2)C1. The average molecular weight is 302 g/mol. The van der Waals surface area contributed by atoms with Crippen LogP contribution in [-0.2, 0) is 12.7 Å². The Morgan fingerprint density at radius 2 is 2.22 bits per heavy atom. The number of alkyl halides is 3. The van der Waals surface area contributed by atoms with Crippen LogP contribution in [0.3, 0.4) is 0 Å². The molecule has 2 heterocycles. The molecule has 1 atom stereocenters. The summed E-state index contributed by atoms with van der Waals surface area (Å²) < 4.78 is 37.1. The molecule has 2 rings (SSSR count). The number of hydrogen-bond acceptors (Lipinski definition) is 4. The highest BCUT2D eigenvalue weighted by molar-refractivity contribution is 7.11. The fraction of sp³-hybridized carbons (Fsp3) is 0.700. The quantitative estimate of drug-likeness (QED) is 0.912. The summed E-state index contributed by atoms with van der Waals surface area (Å²) in [6.07, 6.45) is -1.02. The van der Waals surface area contributed by atoms with Crippen molar-refractivity contribution in [2.45, 2.75) is 31.6 Å². The first-order valence-corrected chi connectivity index (χ1v) is 6.26. The predicted octanol–water partition coefficient (Wildman–Crippen LogP) is 2.51. The van der Waals surface area contributed by atoms with Gasteiger partial charge in [0.05, 0.1) is 0 Å². The first kappa shape index (κ1) is 15.7. The van der Waals surface area contributed by atoms with Crippen LogP contribution < -0.4 is 5.73 Å². The molecule has 0 saturated carbocycles. The summed E-state index contributed by atoms with van der Waals surface area (Å²) in [5, 5.41) is -0.770. The van der Waals surface area contributed by atoms with Crippen molar-refractivity contribution in [1.29, 1.82) is 0 Å². The van der Waals surface area contributed by atoms with E-state index in [0.29, 0.717) is 22.8 Å². The summed E-state index contributed by atoms with van der Waals surface area (Å²) in [5.41, 5.74) is 5.82. The fourth-order valence-corrected chi connectivity index (χ4v) is 2.79. The van der Waals surface area contributed by atoms with Gasteiger partial charge in [-0.15, -0.1) is 23.7 Å². The second kappa shape index (κ2) is 6.18. The largest absolute Gasteiger partial charge is 0.443 e. The number of nitrogens with zero attached hydrogens (tertiary/aromatic N) is 2. The summed E-state index contributed by atoms with van der Waals surface area (Å²) in [5.74, 6) is 0. The van der Waals surface area contributed by atoms with Gasteiger partial charge in [0.15, 0.2) is 5.01 Å². The van der Waals surface area contributed by atoms with E-state index in [0.717, 1.165) is 25.9 Å². The van der Waals surface area contributed by atoms with Crippen LogP contribution >= 0.6 is 23.7 Å². The topological polar surface area (TPSA) is 42.1 Å². The van der Waals surface area contributed by atoms with Gasteiger partial charge in [-0.05, 0) is 19.4 Å². The van der Waals surface area contributed by atoms with Crippen molar-refractivity contribution < 1.29 is 13.2 Å². The lowest BCUT2D eigenvalue weighted by Crippen LogP contribution is -2.42. The Balaban J connectivity index is 0.00000162. The highest BCUT2D eigenvalue weighted by Gasteiger charge is 2.34. The van der Waals surface area contributed by atoms with Crippen LogP contribution in [0.2, 0.25) is 0 Å². The molecule has 104 valence electrons. The van der Waals surface area contributed by atoms with E-state index >= 15 is 0 Å². The molecule has 18 heavy (non-hydrogen) atoms. The normalized spacial score (nSPS) is 21.7. The van der Waals surface area contributed by atoms with E-state index < -0.39 is 11.2 Å². The average Bonchev–Trinajstić information content (AvgIpc) is 2.65. The van der Waals surface area contributed by atoms with E-state index in [1.54, 1.807) is 0 Å². The molecule has 3 nitrogen and oxygen atoms in total. The summed E-state index contributed by atoms with van der Waals surface area (Å²) in [6.45, 7) is 2.16. The molecule has 0 aromatic carbocycles. The van der Waals surface area contributed by atoms with Crippen LogP contribution in [0, 0.1) is 0 Å². The van der Waals surface area contributed by atoms with E-state index in [2.05, 4.69) is 9.88 Å². The van der Waals surface area contributed by atoms with Crippen molar-refractivity contribution in [2.24, 2.45) is 5.73 Å². The molecule has 1 aromatic heterocycles. The minimum Gasteiger partial charge on any atom is -0.327 e. The van der Waals surface area contributed by atoms with Crippen LogP contribution in [0.5, 0.6) is 0 Å². The molecule has 0 radical (unpaired) electrons. The van der Waals surface area contributed by atoms with Crippen molar-refractivity contribution in [3.05, 3.63) is 16.1 Å². The zero-order valence-corrected chi connectivity index (χ0v) is 11.2. The third-order valence-corrected chi connectivity index (χ3v) is 3.74. The number of likely N-dealkylation sites (tertiary alicyclic amines) is 1. The predicted molar refractivity (Wildman–Crippen MR) is 66.9 cm³/mol. The Hall–Kier alpha value is -0.370. The zero-order chi connectivity index (χ0) is 12.5. The Bertz CT molecular complexity index is 383. The van der Waals surface area contributed by atoms with Crippen LogP contribution in [0.25, 0.3) is 0 Å². The molecule has 1 aliphatic rings. The van der Waals surface area contributed by atoms with E-state index in [4.69, 9.17) is 5.73 Å². The highest BCUT2D eigenvalue weighted by Crippen LogP contribution is 2.32. The number of piperidine rings is 1. The smallest absolute Gasteiger partial charge is 0.327 e. The molecule has 8 heteroatoms. The van der Waals surface area contributed by atoms with E-state index in [1.165, 1.54) is 6.20 Å². The Morgan fingerprint density at radius 3 is 2.78 bits per heavy atom. The van der Waals surface area contributed by atoms with E-state index in [-0.39, 0.29) is 18.4 Å². The van der Waals surface area contributed by atoms with Crippen molar-refractivity contribution in [1.82, 2.24) is 9.88 Å². The van der Waals surface area contributed by atoms with Gasteiger partial charge in [-0.3, -0.25) is 4.90 Å². The molecule has 2 N–H and O–H groups in total. The van der Waals surface area contributed by atoms with Crippen LogP contribution in [0.15, 0.2) is 6.20 Å². The van der Waals surface area contributed by atoms with Crippen LogP contribution in [0.1, 0.15) is 22.7 Å². The van der Waals surface area contributed by atoms with Crippen molar-refractivity contribution in [3.63, 3.8) is 0 Å². The maximum Gasteiger partial charge on any atom is 0.443 e. The third kappa shape index (κ3) is 4.08. The number of halogens is 4. The molecule has 0 amide bonds. The fourth-order valence-electron chi connectivity index (χ4n) is 1.97. The molecule has 0 bridgehead atoms. The maximum atomic E-state index is 12.4. The van der Waals surface area contributed by atoms with Crippen molar-refractivity contribution in [2.75, 3.05) is 13.1 Å². The second-order valence-electron chi connectivity index (χ2n) is 4.27. The van der Waals surface area contributed by atoms with Gasteiger partial charge in [0.2, 0.25) is 0 Å². The monoisotopic (exact) mass is 301 g/mol. The van der Waals surface area contributed by atoms with Gasteiger partial charge in [0.25, 0.3) is 0 Å². The minimum atomic E-state index is -4.33. The van der Waals surface area contributed by atoms with Gasteiger partial charge >= 0.3 is 6.18 Å². The number of hydrogen-bond donors (Lipinski definition) is 1. The van der Waals surface area contributed by atoms with Gasteiger partial charge in [0.1, 0.15) is 0 Å². The van der Waals surface area contributed by atoms with Crippen LogP contribution in [-0.4, -0.2) is 29.0 Å². The first-order chi connectivity index (χ1) is 7.95. The summed E-state index contributed by atoms with van der Waals surface area (Å²) in [4.78, 5) is 6.14. The highest BCUT2D eigenvalue weighted by atomic mass is 35.5. The van der Waals surface area contributed by atoms with Crippen LogP contribution in [0.4, 0.5) is 13.2 Å². The molecule has 1 aliphatic heterocycles. The molecule has 0 spiro atoms. The Morgan fingerprint density at radius 1 is 1.50 bits per heavy atom. The lowest BCUT2D eigenvalue weighted by molar-refractivity contribution is -0.137. The Labute approximate surface area is 114 Å². The van der Waals surface area contributed by atoms with Crippen molar-refractivity contribution >= 4 is 23.7 Å². The number of nitrogens with two attached hydrogens (primary N) is 1. The standard InChI is InChI=1S/C10H14F3N3S.ClH/c11-10(12,13)9-15-4-8(17-9)6-16-3-1-2-7(14)5-16;/h4,7H,1-3,5-6,14H2;1H/t7-;/m1./s1. The molecule has 1 saturated heterocycles. The molecule has 0 unspecified atom stereocenters. The lowest BCUT2D eigenvalue weighted by atomic mass is 10.1. The molecule has 1 aromatic rings. The third-order valence-electron chi connectivity index (χ3n) is 2.72. The maximum absolute atomic E-state index is 12.4.